The van der Waals surface area contributed by atoms with E-state index in [0.29, 0.717) is 21.2 Å². The average Bonchev–Trinajstić information content (AvgIpc) is 3.53. The van der Waals surface area contributed by atoms with E-state index in [1.807, 2.05) is 0 Å². The van der Waals surface area contributed by atoms with Crippen LogP contribution < -0.4 is 15.6 Å². The highest BCUT2D eigenvalue weighted by Gasteiger charge is 2.54. The van der Waals surface area contributed by atoms with Crippen LogP contribution >= 0.6 is 46.2 Å². The number of aromatic nitrogens is 3. The predicted molar refractivity (Wildman–Crippen MR) is 148 cm³/mol. The van der Waals surface area contributed by atoms with E-state index in [9.17, 15) is 24.3 Å². The van der Waals surface area contributed by atoms with Crippen LogP contribution in [0, 0.1) is 0 Å². The molecule has 3 aromatic heterocycles. The number of aliphatic carboxylic acids is 2. The molecule has 0 spiro atoms. The summed E-state index contributed by atoms with van der Waals surface area (Å²) in [4.78, 5) is 63.7. The van der Waals surface area contributed by atoms with Crippen molar-refractivity contribution >= 4 is 91.0 Å². The van der Waals surface area contributed by atoms with Crippen molar-refractivity contribution in [2.75, 3.05) is 24.3 Å². The molecule has 5 rings (SSSR count). The van der Waals surface area contributed by atoms with Gasteiger partial charge in [-0.3, -0.25) is 14.5 Å². The van der Waals surface area contributed by atoms with Gasteiger partial charge in [0, 0.05) is 23.0 Å². The molecule has 5 heterocycles. The molecule has 5 N–H and O–H groups in total. The predicted octanol–water partition coefficient (Wildman–Crippen LogP) is 0.589. The van der Waals surface area contributed by atoms with Gasteiger partial charge in [0.25, 0.3) is 11.8 Å². The zero-order valence-electron chi connectivity index (χ0n) is 20.5. The summed E-state index contributed by atoms with van der Waals surface area (Å²) in [5, 5.41) is 26.4. The van der Waals surface area contributed by atoms with Gasteiger partial charge < -0.3 is 26.1 Å². The topological polar surface area (TPSA) is 201 Å². The number of amides is 2. The smallest absolute Gasteiger partial charge is 0.370 e. The van der Waals surface area contributed by atoms with E-state index >= 15 is 0 Å². The highest BCUT2D eigenvalue weighted by atomic mass is 32.2. The Balaban J connectivity index is 1.29. The second-order valence-corrected chi connectivity index (χ2v) is 12.6. The number of anilines is 1. The van der Waals surface area contributed by atoms with Gasteiger partial charge in [0.2, 0.25) is 6.54 Å². The number of nitrogen functional groups attached to an aromatic ring is 1. The van der Waals surface area contributed by atoms with Crippen LogP contribution in [0.25, 0.3) is 10.2 Å². The Morgan fingerprint density at radius 1 is 1.35 bits per heavy atom. The minimum absolute atomic E-state index is 0.106. The summed E-state index contributed by atoms with van der Waals surface area (Å²) >= 11 is 5.20. The first-order chi connectivity index (χ1) is 19.2. The van der Waals surface area contributed by atoms with E-state index in [-0.39, 0.29) is 34.5 Å². The maximum Gasteiger partial charge on any atom is 0.370 e. The average molecular weight is 623 g/mol. The summed E-state index contributed by atoms with van der Waals surface area (Å²) in [7, 11) is 1.27. The molecule has 0 saturated carbocycles. The van der Waals surface area contributed by atoms with Crippen molar-refractivity contribution in [2.24, 2.45) is 5.16 Å². The van der Waals surface area contributed by atoms with Crippen LogP contribution in [0.3, 0.4) is 0 Å². The van der Waals surface area contributed by atoms with Crippen LogP contribution in [0.4, 0.5) is 5.13 Å². The van der Waals surface area contributed by atoms with Crippen LogP contribution in [-0.2, 0) is 30.6 Å². The van der Waals surface area contributed by atoms with E-state index < -0.39 is 35.2 Å². The highest BCUT2D eigenvalue weighted by Crippen LogP contribution is 2.42. The number of β-lactam (4-membered cyclic amide) rings is 1. The number of carboxylic acid groups (broad SMARTS) is 2. The third-order valence-electron chi connectivity index (χ3n) is 5.75. The van der Waals surface area contributed by atoms with Crippen LogP contribution in [-0.4, -0.2) is 84.6 Å². The Hall–Kier alpha value is -3.74. The first kappa shape index (κ1) is 27.8. The van der Waals surface area contributed by atoms with Crippen molar-refractivity contribution in [3.8, 4) is 0 Å². The number of carbonyl (C=O) groups excluding carboxylic acids is 2. The van der Waals surface area contributed by atoms with Gasteiger partial charge in [0.1, 0.15) is 35.4 Å². The second-order valence-electron chi connectivity index (χ2n) is 8.34. The van der Waals surface area contributed by atoms with Gasteiger partial charge >= 0.3 is 11.9 Å². The van der Waals surface area contributed by atoms with Gasteiger partial charge in [-0.1, -0.05) is 16.9 Å². The molecule has 40 heavy (non-hydrogen) atoms. The Morgan fingerprint density at radius 3 is 2.83 bits per heavy atom. The lowest BCUT2D eigenvalue weighted by Gasteiger charge is -2.49. The summed E-state index contributed by atoms with van der Waals surface area (Å²) in [5.41, 5.74) is 6.77. The summed E-state index contributed by atoms with van der Waals surface area (Å²) < 4.78 is 3.06. The van der Waals surface area contributed by atoms with Crippen LogP contribution in [0.2, 0.25) is 0 Å². The number of hydrogen-bond acceptors (Lipinski definition) is 13. The molecule has 2 aliphatic rings. The summed E-state index contributed by atoms with van der Waals surface area (Å²) in [6, 6.07) is 0.823. The number of pyridine rings is 1. The fraction of sp³-hybridized carbons (Fsp3) is 0.273. The summed E-state index contributed by atoms with van der Waals surface area (Å²) in [6.45, 7) is -0.186. The molecule has 0 bridgehead atoms. The maximum atomic E-state index is 13.0. The molecule has 2 atom stereocenters. The van der Waals surface area contributed by atoms with Gasteiger partial charge in [-0.2, -0.15) is 4.57 Å². The van der Waals surface area contributed by atoms with Gasteiger partial charge in [-0.25, -0.2) is 19.6 Å². The van der Waals surface area contributed by atoms with Crippen LogP contribution in [0.5, 0.6) is 0 Å². The number of nitrogens with one attached hydrogen (secondary N) is 1. The van der Waals surface area contributed by atoms with Gasteiger partial charge in [0.05, 0.1) is 4.70 Å². The minimum atomic E-state index is -1.24. The number of rotatable bonds is 10. The number of nitrogens with two attached hydrogens (primary N) is 1. The quantitative estimate of drug-likeness (QED) is 0.0807. The third-order valence-corrected chi connectivity index (χ3v) is 10.0. The number of hydrogen-bond donors (Lipinski definition) is 4. The van der Waals surface area contributed by atoms with E-state index in [0.717, 1.165) is 16.0 Å². The number of carboxylic acids is 2. The molecule has 0 aliphatic carbocycles. The molecule has 3 aromatic rings. The summed E-state index contributed by atoms with van der Waals surface area (Å²) in [5.74, 6) is -2.84. The molecule has 1 saturated heterocycles. The van der Waals surface area contributed by atoms with Gasteiger partial charge in [0.15, 0.2) is 27.6 Å². The van der Waals surface area contributed by atoms with E-state index in [2.05, 4.69) is 20.4 Å². The number of fused-ring (bicyclic) bond motifs is 2. The molecule has 0 radical (unpaired) electrons. The molecule has 1 fully saturated rings. The van der Waals surface area contributed by atoms with E-state index in [1.165, 1.54) is 56.8 Å². The SMILES string of the molecule is CO/N=C(\C(=O)NC1C(=O)N2C(C(=O)O)=C(CSc3nc4c[n+](CC(=O)O)ccc4s3)CS[C@@H]12)c1csc(N)n1. The fourth-order valence-electron chi connectivity index (χ4n) is 4.06. The Labute approximate surface area is 241 Å². The van der Waals surface area contributed by atoms with Crippen LogP contribution in [0.1, 0.15) is 5.69 Å². The molecule has 208 valence electrons. The monoisotopic (exact) mass is 622 g/mol. The minimum Gasteiger partial charge on any atom is -0.477 e. The number of thioether (sulfide) groups is 2. The molecule has 2 amide bonds. The Bertz CT molecular complexity index is 1600. The van der Waals surface area contributed by atoms with Crippen molar-refractivity contribution < 1.29 is 38.8 Å². The largest absolute Gasteiger partial charge is 0.477 e. The molecule has 18 heteroatoms. The van der Waals surface area contributed by atoms with Gasteiger partial charge in [-0.15, -0.1) is 34.4 Å². The zero-order chi connectivity index (χ0) is 28.6. The number of nitrogens with zero attached hydrogens (tertiary/aromatic N) is 5. The zero-order valence-corrected chi connectivity index (χ0v) is 23.7. The Morgan fingerprint density at radius 2 is 2.15 bits per heavy atom. The van der Waals surface area contributed by atoms with Crippen molar-refractivity contribution in [3.63, 3.8) is 0 Å². The third kappa shape index (κ3) is 5.47. The molecular formula is C22H20N7O7S4+. The lowest BCUT2D eigenvalue weighted by Crippen LogP contribution is -2.71. The number of carbonyl (C=O) groups is 4. The molecular weight excluding hydrogens is 603 g/mol. The first-order valence-corrected chi connectivity index (χ1v) is 15.1. The van der Waals surface area contributed by atoms with Crippen molar-refractivity contribution in [3.05, 3.63) is 40.8 Å². The Kier molecular flexibility index (Phi) is 7.92. The molecule has 1 unspecified atom stereocenters. The fourth-order valence-corrected chi connectivity index (χ4v) is 8.13. The lowest BCUT2D eigenvalue weighted by atomic mass is 10.0. The normalized spacial score (nSPS) is 18.9. The van der Waals surface area contributed by atoms with Crippen molar-refractivity contribution in [1.29, 1.82) is 0 Å². The maximum absolute atomic E-state index is 13.0. The number of thiazole rings is 2. The lowest BCUT2D eigenvalue weighted by molar-refractivity contribution is -0.684. The first-order valence-electron chi connectivity index (χ1n) is 11.3. The molecule has 2 aliphatic heterocycles. The highest BCUT2D eigenvalue weighted by molar-refractivity contribution is 8.02. The van der Waals surface area contributed by atoms with Crippen molar-refractivity contribution in [2.45, 2.75) is 22.3 Å². The molecule has 14 nitrogen and oxygen atoms in total. The van der Waals surface area contributed by atoms with Crippen molar-refractivity contribution in [1.82, 2.24) is 20.2 Å². The second kappa shape index (κ2) is 11.4. The standard InChI is InChI=1S/C22H19N7O7S4/c1-36-27-14(11-8-38-21(23)24-11)17(32)26-15-18(33)29-16(20(34)35)9(6-37-19(15)29)7-39-22-25-10-4-28(5-13(30)31)3-2-12(10)40-22/h2-4,8,15,19H,5-7H2,1H3,(H4-,23,24,26,30,31,32,34,35)/p+1/b27-14-/t15?,19-/m0/s1. The van der Waals surface area contributed by atoms with Crippen LogP contribution in [0.15, 0.2) is 44.6 Å². The number of oxime groups is 1. The molecule has 0 aromatic carbocycles. The van der Waals surface area contributed by atoms with E-state index in [1.54, 1.807) is 18.5 Å². The van der Waals surface area contributed by atoms with Gasteiger partial charge in [-0.05, 0) is 5.57 Å². The summed E-state index contributed by atoms with van der Waals surface area (Å²) in [6.07, 6.45) is 3.31. The van der Waals surface area contributed by atoms with E-state index in [4.69, 9.17) is 15.7 Å².